The lowest BCUT2D eigenvalue weighted by molar-refractivity contribution is -0.157. The van der Waals surface area contributed by atoms with Crippen molar-refractivity contribution in [3.05, 3.63) is 54.6 Å². The van der Waals surface area contributed by atoms with Gasteiger partial charge in [0.05, 0.1) is 6.54 Å². The molecule has 0 fully saturated rings. The second kappa shape index (κ2) is 8.75. The summed E-state index contributed by atoms with van der Waals surface area (Å²) in [5.74, 6) is 0.723. The molecule has 2 aromatic carbocycles. The maximum absolute atomic E-state index is 12.0. The van der Waals surface area contributed by atoms with Gasteiger partial charge in [0, 0.05) is 0 Å². The van der Waals surface area contributed by atoms with E-state index >= 15 is 0 Å². The van der Waals surface area contributed by atoms with Crippen LogP contribution in [0, 0.1) is 0 Å². The quantitative estimate of drug-likeness (QED) is 0.598. The number of hydrogen-bond donors (Lipinski definition) is 1. The molecular formula is C19H19NO6. The lowest BCUT2D eigenvalue weighted by Crippen LogP contribution is -2.40. The summed E-state index contributed by atoms with van der Waals surface area (Å²) in [6, 6.07) is 16.3. The van der Waals surface area contributed by atoms with Crippen molar-refractivity contribution >= 4 is 11.9 Å². The topological polar surface area (TPSA) is 83.1 Å². The molecule has 1 aliphatic rings. The summed E-state index contributed by atoms with van der Waals surface area (Å²) in [6.07, 6.45) is -0.890. The predicted molar refractivity (Wildman–Crippen MR) is 92.3 cm³/mol. The molecular weight excluding hydrogens is 338 g/mol. The number of carbonyl (C=O) groups excluding carboxylic acids is 2. The van der Waals surface area contributed by atoms with Gasteiger partial charge >= 0.3 is 5.97 Å². The number of esters is 1. The summed E-state index contributed by atoms with van der Waals surface area (Å²) in [7, 11) is 0. The number of fused-ring (bicyclic) bond motifs is 1. The predicted octanol–water partition coefficient (Wildman–Crippen LogP) is 1.56. The van der Waals surface area contributed by atoms with Crippen LogP contribution in [0.1, 0.15) is 0 Å². The second-order valence-electron chi connectivity index (χ2n) is 5.48. The molecule has 0 radical (unpaired) electrons. The minimum atomic E-state index is -0.890. The molecule has 0 saturated heterocycles. The van der Waals surface area contributed by atoms with Crippen molar-refractivity contribution in [1.82, 2.24) is 5.32 Å². The molecule has 1 atom stereocenters. The number of rotatable bonds is 7. The first kappa shape index (κ1) is 17.6. The third-order valence-corrected chi connectivity index (χ3v) is 3.55. The molecule has 0 spiro atoms. The van der Waals surface area contributed by atoms with Crippen LogP contribution in [0.2, 0.25) is 0 Å². The highest BCUT2D eigenvalue weighted by Gasteiger charge is 2.29. The van der Waals surface area contributed by atoms with Crippen LogP contribution in [0.25, 0.3) is 0 Å². The number of ether oxygens (including phenoxy) is 4. The fraction of sp³-hybridized carbons (Fsp3) is 0.263. The molecule has 26 heavy (non-hydrogen) atoms. The number of nitrogens with one attached hydrogen (secondary N) is 1. The van der Waals surface area contributed by atoms with Crippen LogP contribution in [0.15, 0.2) is 54.6 Å². The Balaban J connectivity index is 1.33. The Morgan fingerprint density at radius 2 is 1.77 bits per heavy atom. The number of para-hydroxylation sites is 3. The van der Waals surface area contributed by atoms with Crippen LogP contribution in [-0.4, -0.2) is 44.3 Å². The molecule has 0 bridgehead atoms. The zero-order valence-electron chi connectivity index (χ0n) is 14.1. The third-order valence-electron chi connectivity index (χ3n) is 3.55. The van der Waals surface area contributed by atoms with Crippen molar-refractivity contribution in [2.24, 2.45) is 0 Å². The van der Waals surface area contributed by atoms with Crippen molar-refractivity contribution in [3.63, 3.8) is 0 Å². The van der Waals surface area contributed by atoms with E-state index in [1.807, 2.05) is 36.4 Å². The fourth-order valence-corrected chi connectivity index (χ4v) is 2.29. The number of benzene rings is 2. The van der Waals surface area contributed by atoms with Gasteiger partial charge in [0.2, 0.25) is 6.10 Å². The van der Waals surface area contributed by atoms with Crippen LogP contribution in [0.3, 0.4) is 0 Å². The van der Waals surface area contributed by atoms with Gasteiger partial charge in [0.25, 0.3) is 5.91 Å². The van der Waals surface area contributed by atoms with E-state index in [0.717, 1.165) is 5.75 Å². The van der Waals surface area contributed by atoms with E-state index in [-0.39, 0.29) is 13.2 Å². The minimum Gasteiger partial charge on any atom is -0.492 e. The van der Waals surface area contributed by atoms with Gasteiger partial charge in [0.1, 0.15) is 19.0 Å². The summed E-state index contributed by atoms with van der Waals surface area (Å²) in [5.41, 5.74) is 0. The molecule has 1 N–H and O–H groups in total. The maximum atomic E-state index is 12.0. The molecule has 2 aromatic rings. The van der Waals surface area contributed by atoms with Crippen LogP contribution < -0.4 is 19.5 Å². The van der Waals surface area contributed by atoms with Gasteiger partial charge in [-0.1, -0.05) is 30.3 Å². The number of carbonyl (C=O) groups is 2. The van der Waals surface area contributed by atoms with E-state index < -0.39 is 18.0 Å². The van der Waals surface area contributed by atoms with Crippen molar-refractivity contribution < 1.29 is 28.5 Å². The van der Waals surface area contributed by atoms with Crippen molar-refractivity contribution in [2.45, 2.75) is 6.10 Å². The summed E-state index contributed by atoms with van der Waals surface area (Å²) in [5, 5.41) is 2.61. The first-order valence-corrected chi connectivity index (χ1v) is 8.22. The average molecular weight is 357 g/mol. The van der Waals surface area contributed by atoms with Crippen molar-refractivity contribution in [1.29, 1.82) is 0 Å². The van der Waals surface area contributed by atoms with Crippen LogP contribution in [0.5, 0.6) is 17.2 Å². The third kappa shape index (κ3) is 4.89. The largest absolute Gasteiger partial charge is 0.492 e. The second-order valence-corrected chi connectivity index (χ2v) is 5.48. The molecule has 136 valence electrons. The molecule has 0 unspecified atom stereocenters. The average Bonchev–Trinajstić information content (AvgIpc) is 2.70. The Kier molecular flexibility index (Phi) is 5.92. The Morgan fingerprint density at radius 1 is 1.04 bits per heavy atom. The molecule has 1 heterocycles. The molecule has 7 heteroatoms. The van der Waals surface area contributed by atoms with Crippen molar-refractivity contribution in [2.75, 3.05) is 26.4 Å². The lowest BCUT2D eigenvalue weighted by Gasteiger charge is -2.24. The Morgan fingerprint density at radius 3 is 2.58 bits per heavy atom. The van der Waals surface area contributed by atoms with Gasteiger partial charge in [-0.3, -0.25) is 4.79 Å². The van der Waals surface area contributed by atoms with Gasteiger partial charge in [-0.2, -0.15) is 0 Å². The molecule has 3 rings (SSSR count). The van der Waals surface area contributed by atoms with Crippen LogP contribution >= 0.6 is 0 Å². The van der Waals surface area contributed by atoms with Gasteiger partial charge in [0.15, 0.2) is 18.1 Å². The summed E-state index contributed by atoms with van der Waals surface area (Å²) >= 11 is 0. The van der Waals surface area contributed by atoms with E-state index in [0.29, 0.717) is 24.7 Å². The first-order chi connectivity index (χ1) is 12.7. The highest BCUT2D eigenvalue weighted by Crippen LogP contribution is 2.31. The smallest absolute Gasteiger partial charge is 0.351 e. The summed E-state index contributed by atoms with van der Waals surface area (Å²) < 4.78 is 21.4. The SMILES string of the molecule is O=C(COC(=O)[C@H]1COc2ccccc2O1)NCCOc1ccccc1. The highest BCUT2D eigenvalue weighted by molar-refractivity contribution is 5.82. The molecule has 0 saturated carbocycles. The van der Waals surface area contributed by atoms with Crippen molar-refractivity contribution in [3.8, 4) is 17.2 Å². The normalized spacial score (nSPS) is 15.0. The minimum absolute atomic E-state index is 0.0440. The molecule has 1 aliphatic heterocycles. The zero-order valence-corrected chi connectivity index (χ0v) is 14.1. The van der Waals surface area contributed by atoms with E-state index in [9.17, 15) is 9.59 Å². The summed E-state index contributed by atoms with van der Waals surface area (Å²) in [4.78, 5) is 23.7. The monoisotopic (exact) mass is 357 g/mol. The summed E-state index contributed by atoms with van der Waals surface area (Å²) in [6.45, 7) is 0.288. The standard InChI is InChI=1S/C19H19NO6/c21-18(20-10-11-23-14-6-2-1-3-7-14)13-25-19(22)17-12-24-15-8-4-5-9-16(15)26-17/h1-9,17H,10-13H2,(H,20,21)/t17-/m1/s1. The Hall–Kier alpha value is -3.22. The Labute approximate surface area is 150 Å². The van der Waals surface area contributed by atoms with Gasteiger partial charge in [-0.25, -0.2) is 4.79 Å². The fourth-order valence-electron chi connectivity index (χ4n) is 2.29. The van der Waals surface area contributed by atoms with E-state index in [2.05, 4.69) is 5.32 Å². The number of amides is 1. The molecule has 7 nitrogen and oxygen atoms in total. The highest BCUT2D eigenvalue weighted by atomic mass is 16.6. The maximum Gasteiger partial charge on any atom is 0.351 e. The molecule has 1 amide bonds. The first-order valence-electron chi connectivity index (χ1n) is 8.22. The molecule has 0 aromatic heterocycles. The van der Waals surface area contributed by atoms with E-state index in [4.69, 9.17) is 18.9 Å². The molecule has 0 aliphatic carbocycles. The zero-order chi connectivity index (χ0) is 18.2. The van der Waals surface area contributed by atoms with Crippen LogP contribution in [0.4, 0.5) is 0 Å². The lowest BCUT2D eigenvalue weighted by atomic mass is 10.2. The van der Waals surface area contributed by atoms with E-state index in [1.54, 1.807) is 18.2 Å². The number of hydrogen-bond acceptors (Lipinski definition) is 6. The van der Waals surface area contributed by atoms with Gasteiger partial charge < -0.3 is 24.3 Å². The Bertz CT molecular complexity index is 749. The van der Waals surface area contributed by atoms with Crippen LogP contribution in [-0.2, 0) is 14.3 Å². The van der Waals surface area contributed by atoms with Gasteiger partial charge in [-0.05, 0) is 24.3 Å². The van der Waals surface area contributed by atoms with E-state index in [1.165, 1.54) is 0 Å². The van der Waals surface area contributed by atoms with Gasteiger partial charge in [-0.15, -0.1) is 0 Å².